The monoisotopic (exact) mass is 1570 g/mol. The zero-order valence-electron chi connectivity index (χ0n) is 61.1. The van der Waals surface area contributed by atoms with Crippen LogP contribution in [0.3, 0.4) is 0 Å². The van der Waals surface area contributed by atoms with Crippen molar-refractivity contribution in [2.24, 2.45) is 0 Å². The summed E-state index contributed by atoms with van der Waals surface area (Å²) in [5, 5.41) is 22.3. The maximum absolute atomic E-state index is 6.30. The Morgan fingerprint density at radius 2 is 0.474 bits per heavy atom. The molecule has 0 aliphatic heterocycles. The highest BCUT2D eigenvalue weighted by atomic mass is 35.5. The van der Waals surface area contributed by atoms with Crippen LogP contribution in [-0.4, -0.2) is 39.9 Å². The highest BCUT2D eigenvalue weighted by Crippen LogP contribution is 2.45. The van der Waals surface area contributed by atoms with Gasteiger partial charge < -0.3 is 17.7 Å². The van der Waals surface area contributed by atoms with Crippen molar-refractivity contribution >= 4 is 199 Å². The van der Waals surface area contributed by atoms with Gasteiger partial charge in [-0.3, -0.25) is 0 Å². The first-order valence-corrected chi connectivity index (χ1v) is 39.0. The van der Waals surface area contributed by atoms with Crippen LogP contribution in [0, 0.1) is 0 Å². The minimum Gasteiger partial charge on any atom is -0.438 e. The summed E-state index contributed by atoms with van der Waals surface area (Å²) < 4.78 is 23.7. The molecule has 0 spiro atoms. The Bertz CT molecular complexity index is 8070. The third kappa shape index (κ3) is 12.5. The van der Waals surface area contributed by atoms with Gasteiger partial charge in [-0.1, -0.05) is 291 Å². The van der Waals surface area contributed by atoms with Crippen molar-refractivity contribution < 1.29 is 17.7 Å². The van der Waals surface area contributed by atoms with Crippen LogP contribution in [0.4, 0.5) is 0 Å². The van der Waals surface area contributed by atoms with Crippen LogP contribution in [0.1, 0.15) is 0 Å². The standard InChI is InChI=1S/2C26H15ClN2O.2C24H13ClN2O/c27-26-28-24(23-21-12-6-7-13-22(21)30-25(23)29-26)20-15-14-17(16-8-2-1-3-9-16)18-10-4-5-11-19(18)20;27-26-28-24(23-21-8-4-5-9-22(21)30-25(23)29-26)20-13-12-18-14-17(10-11-19(18)15-20)16-6-2-1-3-7-16;25-24-26-22(21-18-11-5-6-12-20(18)28-23(21)27-24)19-13-14-7-1-2-8-15(14)16-9-3-4-10-17(16)19;25-24-26-22(21-19-7-3-4-8-20(19)28-23(21)27-24)16-11-12-18-15(13-16)10-9-14-5-1-2-6-17(14)18/h2*1-15H;2*1-13H. The Labute approximate surface area is 680 Å². The zero-order valence-corrected chi connectivity index (χ0v) is 64.1. The van der Waals surface area contributed by atoms with Gasteiger partial charge in [0.2, 0.25) is 44.0 Å². The molecule has 8 aromatic heterocycles. The highest BCUT2D eigenvalue weighted by molar-refractivity contribution is 6.31. The summed E-state index contributed by atoms with van der Waals surface area (Å²) in [5.41, 5.74) is 17.0. The third-order valence-corrected chi connectivity index (χ3v) is 22.0. The van der Waals surface area contributed by atoms with Crippen LogP contribution in [-0.2, 0) is 0 Å². The molecular formula is C100H56Cl4N8O4. The molecule has 8 heterocycles. The lowest BCUT2D eigenvalue weighted by Crippen LogP contribution is -1.92. The number of fused-ring (bicyclic) bond motifs is 20. The van der Waals surface area contributed by atoms with Crippen LogP contribution >= 0.6 is 46.4 Å². The lowest BCUT2D eigenvalue weighted by molar-refractivity contribution is 0.652. The number of furan rings is 4. The summed E-state index contributed by atoms with van der Waals surface area (Å²) in [6, 6.07) is 116. The highest BCUT2D eigenvalue weighted by Gasteiger charge is 2.24. The van der Waals surface area contributed by atoms with E-state index in [1.807, 2.05) is 121 Å². The van der Waals surface area contributed by atoms with Crippen molar-refractivity contribution in [3.05, 3.63) is 361 Å². The number of aromatic nitrogens is 8. The Kier molecular flexibility index (Phi) is 17.5. The van der Waals surface area contributed by atoms with E-state index in [9.17, 15) is 0 Å². The Balaban J connectivity index is 0.0000000967. The van der Waals surface area contributed by atoms with Gasteiger partial charge in [-0.25, -0.2) is 19.9 Å². The summed E-state index contributed by atoms with van der Waals surface area (Å²) in [6.07, 6.45) is 0. The van der Waals surface area contributed by atoms with Crippen molar-refractivity contribution in [1.82, 2.24) is 39.9 Å². The fraction of sp³-hybridized carbons (Fsp3) is 0. The van der Waals surface area contributed by atoms with Gasteiger partial charge >= 0.3 is 0 Å². The number of benzene rings is 16. The Morgan fingerprint density at radius 1 is 0.172 bits per heavy atom. The molecule has 0 aliphatic rings. The molecule has 116 heavy (non-hydrogen) atoms. The van der Waals surface area contributed by atoms with Crippen LogP contribution in [0.25, 0.3) is 220 Å². The van der Waals surface area contributed by atoms with Gasteiger partial charge in [0.15, 0.2) is 0 Å². The quantitative estimate of drug-likeness (QED) is 0.115. The third-order valence-electron chi connectivity index (χ3n) is 21.4. The number of para-hydroxylation sites is 4. The summed E-state index contributed by atoms with van der Waals surface area (Å²) in [4.78, 5) is 35.6. The van der Waals surface area contributed by atoms with Gasteiger partial charge in [0.1, 0.15) is 22.3 Å². The molecule has 16 heteroatoms. The van der Waals surface area contributed by atoms with Crippen LogP contribution in [0.15, 0.2) is 357 Å². The van der Waals surface area contributed by atoms with Crippen molar-refractivity contribution in [2.45, 2.75) is 0 Å². The molecule has 0 saturated heterocycles. The summed E-state index contributed by atoms with van der Waals surface area (Å²) in [6.45, 7) is 0. The molecule has 0 amide bonds. The lowest BCUT2D eigenvalue weighted by atomic mass is 9.93. The molecular weight excluding hydrogens is 1520 g/mol. The molecule has 16 aromatic carbocycles. The fourth-order valence-electron chi connectivity index (χ4n) is 16.2. The molecule has 0 radical (unpaired) electrons. The van der Waals surface area contributed by atoms with Crippen LogP contribution < -0.4 is 0 Å². The molecule has 0 atom stereocenters. The molecule has 24 aromatic rings. The largest absolute Gasteiger partial charge is 0.438 e. The average Bonchev–Trinajstić information content (AvgIpc) is 1.49. The molecule has 0 fully saturated rings. The Morgan fingerprint density at radius 3 is 0.974 bits per heavy atom. The Hall–Kier alpha value is -14.2. The van der Waals surface area contributed by atoms with E-state index >= 15 is 0 Å². The van der Waals surface area contributed by atoms with E-state index < -0.39 is 0 Å². The number of rotatable bonds is 6. The average molecular weight is 1580 g/mol. The molecule has 0 saturated carbocycles. The normalized spacial score (nSPS) is 11.6. The van der Waals surface area contributed by atoms with Crippen molar-refractivity contribution in [2.75, 3.05) is 0 Å². The summed E-state index contributed by atoms with van der Waals surface area (Å²) >= 11 is 25.0. The van der Waals surface area contributed by atoms with Gasteiger partial charge in [0, 0.05) is 43.8 Å². The number of hydrogen-bond donors (Lipinski definition) is 0. The summed E-state index contributed by atoms with van der Waals surface area (Å²) in [5.74, 6) is 0. The van der Waals surface area contributed by atoms with E-state index in [4.69, 9.17) is 64.1 Å². The van der Waals surface area contributed by atoms with E-state index in [0.717, 1.165) is 143 Å². The lowest BCUT2D eigenvalue weighted by Gasteiger charge is -2.12. The predicted molar refractivity (Wildman–Crippen MR) is 475 cm³/mol. The maximum Gasteiger partial charge on any atom is 0.232 e. The molecule has 0 unspecified atom stereocenters. The smallest absolute Gasteiger partial charge is 0.232 e. The maximum atomic E-state index is 6.30. The zero-order chi connectivity index (χ0) is 77.5. The van der Waals surface area contributed by atoms with Crippen molar-refractivity contribution in [3.63, 3.8) is 0 Å². The van der Waals surface area contributed by atoms with E-state index in [2.05, 4.69) is 258 Å². The molecule has 0 aliphatic carbocycles. The van der Waals surface area contributed by atoms with Gasteiger partial charge in [-0.2, -0.15) is 19.9 Å². The van der Waals surface area contributed by atoms with E-state index in [0.29, 0.717) is 22.9 Å². The first-order chi connectivity index (χ1) is 57.1. The van der Waals surface area contributed by atoms with Gasteiger partial charge in [-0.15, -0.1) is 0 Å². The molecule has 0 bridgehead atoms. The van der Waals surface area contributed by atoms with Crippen LogP contribution in [0.2, 0.25) is 21.1 Å². The first kappa shape index (κ1) is 69.7. The minimum absolute atomic E-state index is 0.174. The second-order valence-corrected chi connectivity index (χ2v) is 29.5. The topological polar surface area (TPSA) is 156 Å². The first-order valence-electron chi connectivity index (χ1n) is 37.5. The van der Waals surface area contributed by atoms with E-state index in [1.165, 1.54) is 54.6 Å². The van der Waals surface area contributed by atoms with E-state index in [1.54, 1.807) is 0 Å². The molecule has 548 valence electrons. The molecule has 0 N–H and O–H groups in total. The molecule has 24 rings (SSSR count). The second kappa shape index (κ2) is 29.1. The number of halogens is 4. The van der Waals surface area contributed by atoms with E-state index in [-0.39, 0.29) is 21.1 Å². The second-order valence-electron chi connectivity index (χ2n) is 28.1. The number of nitrogens with zero attached hydrogens (tertiary/aromatic N) is 8. The van der Waals surface area contributed by atoms with Gasteiger partial charge in [0.05, 0.1) is 44.3 Å². The molecule has 12 nitrogen and oxygen atoms in total. The SMILES string of the molecule is Clc1nc(-c2cc3ccccc3c3ccccc23)c2c(n1)oc1ccccc12.Clc1nc(-c2ccc(-c3ccccc3)c3ccccc23)c2c(n1)oc1ccccc12.Clc1nc(-c2ccc3c(ccc4ccccc43)c2)c2c(n1)oc1ccccc12.Clc1nc(-c2ccc3cc(-c4ccccc4)ccc3c2)c2c(n1)oc1ccccc12. The minimum atomic E-state index is 0.174. The van der Waals surface area contributed by atoms with Crippen molar-refractivity contribution in [3.8, 4) is 67.3 Å². The van der Waals surface area contributed by atoms with Crippen LogP contribution in [0.5, 0.6) is 0 Å². The fourth-order valence-corrected chi connectivity index (χ4v) is 16.8. The van der Waals surface area contributed by atoms with Gasteiger partial charge in [-0.05, 0) is 182 Å². The summed E-state index contributed by atoms with van der Waals surface area (Å²) in [7, 11) is 0. The van der Waals surface area contributed by atoms with Crippen molar-refractivity contribution in [1.29, 1.82) is 0 Å². The predicted octanol–water partition coefficient (Wildman–Crippen LogP) is 29.0. The van der Waals surface area contributed by atoms with Gasteiger partial charge in [0.25, 0.3) is 0 Å². The number of hydrogen-bond acceptors (Lipinski definition) is 12.